The first-order valence-corrected chi connectivity index (χ1v) is 8.07. The SMILES string of the molecule is CN1C(=O)/C(=C2/CC(=O)N(Cc3ccccc3)C2=O)c2ccccc21. The molecule has 1 saturated heterocycles. The van der Waals surface area contributed by atoms with Gasteiger partial charge in [-0.15, -0.1) is 0 Å². The number of anilines is 1. The first-order valence-electron chi connectivity index (χ1n) is 8.07. The van der Waals surface area contributed by atoms with E-state index in [4.69, 9.17) is 0 Å². The molecule has 0 N–H and O–H groups in total. The van der Waals surface area contributed by atoms with Crippen LogP contribution >= 0.6 is 0 Å². The predicted molar refractivity (Wildman–Crippen MR) is 93.4 cm³/mol. The van der Waals surface area contributed by atoms with Gasteiger partial charge in [0.1, 0.15) is 0 Å². The molecule has 0 spiro atoms. The van der Waals surface area contributed by atoms with Gasteiger partial charge in [-0.1, -0.05) is 48.5 Å². The molecule has 2 aromatic carbocycles. The number of hydrogen-bond acceptors (Lipinski definition) is 3. The number of rotatable bonds is 2. The molecule has 5 nitrogen and oxygen atoms in total. The molecule has 5 heteroatoms. The van der Waals surface area contributed by atoms with Crippen molar-refractivity contribution in [2.75, 3.05) is 11.9 Å². The van der Waals surface area contributed by atoms with Gasteiger partial charge in [0, 0.05) is 18.2 Å². The molecule has 2 aromatic rings. The first-order chi connectivity index (χ1) is 12.1. The summed E-state index contributed by atoms with van der Waals surface area (Å²) < 4.78 is 0. The van der Waals surface area contributed by atoms with Crippen molar-refractivity contribution in [1.82, 2.24) is 4.90 Å². The minimum atomic E-state index is -0.373. The highest BCUT2D eigenvalue weighted by Gasteiger charge is 2.41. The zero-order valence-corrected chi connectivity index (χ0v) is 13.7. The van der Waals surface area contributed by atoms with E-state index in [1.807, 2.05) is 54.6 Å². The molecule has 0 aromatic heterocycles. The number of likely N-dealkylation sites (tertiary alicyclic amines) is 1. The van der Waals surface area contributed by atoms with Crippen molar-refractivity contribution in [3.05, 3.63) is 71.3 Å². The molecular formula is C20H16N2O3. The van der Waals surface area contributed by atoms with Gasteiger partial charge in [0.2, 0.25) is 5.91 Å². The summed E-state index contributed by atoms with van der Waals surface area (Å²) in [4.78, 5) is 40.7. The first kappa shape index (κ1) is 15.3. The van der Waals surface area contributed by atoms with Gasteiger partial charge in [0.15, 0.2) is 0 Å². The van der Waals surface area contributed by atoms with E-state index in [2.05, 4.69) is 0 Å². The Bertz CT molecular complexity index is 931. The molecule has 1 fully saturated rings. The topological polar surface area (TPSA) is 57.7 Å². The smallest absolute Gasteiger partial charge is 0.259 e. The molecule has 124 valence electrons. The lowest BCUT2D eigenvalue weighted by Crippen LogP contribution is -2.29. The lowest BCUT2D eigenvalue weighted by molar-refractivity contribution is -0.138. The van der Waals surface area contributed by atoms with Gasteiger partial charge in [0.05, 0.1) is 24.2 Å². The molecule has 0 radical (unpaired) electrons. The summed E-state index contributed by atoms with van der Waals surface area (Å²) in [6, 6.07) is 16.7. The van der Waals surface area contributed by atoms with Gasteiger partial charge in [-0.3, -0.25) is 19.3 Å². The largest absolute Gasteiger partial charge is 0.311 e. The second-order valence-electron chi connectivity index (χ2n) is 6.18. The van der Waals surface area contributed by atoms with E-state index in [1.165, 1.54) is 9.80 Å². The fourth-order valence-corrected chi connectivity index (χ4v) is 3.38. The highest BCUT2D eigenvalue weighted by Crippen LogP contribution is 2.40. The van der Waals surface area contributed by atoms with E-state index in [1.54, 1.807) is 7.05 Å². The van der Waals surface area contributed by atoms with E-state index >= 15 is 0 Å². The van der Waals surface area contributed by atoms with Crippen LogP contribution in [0.3, 0.4) is 0 Å². The summed E-state index contributed by atoms with van der Waals surface area (Å²) in [5.74, 6) is -0.877. The Kier molecular flexibility index (Phi) is 3.50. The Morgan fingerprint density at radius 3 is 2.32 bits per heavy atom. The van der Waals surface area contributed by atoms with Crippen molar-refractivity contribution >= 4 is 29.0 Å². The van der Waals surface area contributed by atoms with Crippen LogP contribution in [0.15, 0.2) is 60.2 Å². The highest BCUT2D eigenvalue weighted by molar-refractivity contribution is 6.38. The van der Waals surface area contributed by atoms with Crippen LogP contribution in [-0.4, -0.2) is 29.7 Å². The number of fused-ring (bicyclic) bond motifs is 1. The number of imide groups is 1. The van der Waals surface area contributed by atoms with Crippen molar-refractivity contribution in [2.24, 2.45) is 0 Å². The second kappa shape index (κ2) is 5.70. The Hall–Kier alpha value is -3.21. The van der Waals surface area contributed by atoms with E-state index in [0.717, 1.165) is 11.3 Å². The lowest BCUT2D eigenvalue weighted by atomic mass is 10.00. The number of para-hydroxylation sites is 1. The third-order valence-electron chi connectivity index (χ3n) is 4.67. The third-order valence-corrected chi connectivity index (χ3v) is 4.67. The van der Waals surface area contributed by atoms with Gasteiger partial charge >= 0.3 is 0 Å². The zero-order valence-electron chi connectivity index (χ0n) is 13.7. The van der Waals surface area contributed by atoms with Crippen LogP contribution < -0.4 is 4.90 Å². The van der Waals surface area contributed by atoms with Crippen molar-refractivity contribution in [1.29, 1.82) is 0 Å². The Labute approximate surface area is 145 Å². The molecule has 0 unspecified atom stereocenters. The maximum atomic E-state index is 12.8. The fraction of sp³-hybridized carbons (Fsp3) is 0.150. The summed E-state index contributed by atoms with van der Waals surface area (Å²) in [5.41, 5.74) is 3.00. The molecular weight excluding hydrogens is 316 g/mol. The average molecular weight is 332 g/mol. The van der Waals surface area contributed by atoms with Crippen LogP contribution in [0.25, 0.3) is 5.57 Å². The maximum absolute atomic E-state index is 12.8. The molecule has 2 aliphatic rings. The highest BCUT2D eigenvalue weighted by atomic mass is 16.2. The second-order valence-corrected chi connectivity index (χ2v) is 6.18. The number of likely N-dealkylation sites (N-methyl/N-ethyl adjacent to an activating group) is 1. The lowest BCUT2D eigenvalue weighted by Gasteiger charge is -2.13. The number of amides is 3. The molecule has 0 bridgehead atoms. The summed E-state index contributed by atoms with van der Waals surface area (Å²) in [6.45, 7) is 0.223. The quantitative estimate of drug-likeness (QED) is 0.627. The fourth-order valence-electron chi connectivity index (χ4n) is 3.38. The Morgan fingerprint density at radius 1 is 0.880 bits per heavy atom. The van der Waals surface area contributed by atoms with Crippen molar-refractivity contribution < 1.29 is 14.4 Å². The van der Waals surface area contributed by atoms with Gasteiger partial charge < -0.3 is 4.90 Å². The monoisotopic (exact) mass is 332 g/mol. The average Bonchev–Trinajstić information content (AvgIpc) is 3.04. The molecule has 0 atom stereocenters. The molecule has 0 saturated carbocycles. The van der Waals surface area contributed by atoms with Crippen LogP contribution in [0.1, 0.15) is 17.5 Å². The number of carbonyl (C=O) groups excluding carboxylic acids is 3. The maximum Gasteiger partial charge on any atom is 0.259 e. The molecule has 0 aliphatic carbocycles. The van der Waals surface area contributed by atoms with Crippen LogP contribution in [-0.2, 0) is 20.9 Å². The standard InChI is InChI=1S/C20H16N2O3/c1-21-16-10-6-5-9-14(16)18(20(21)25)15-11-17(23)22(19(15)24)12-13-7-3-2-4-8-13/h2-10H,11-12H2,1H3/b18-15-. The van der Waals surface area contributed by atoms with Crippen LogP contribution in [0.4, 0.5) is 5.69 Å². The number of hydrogen-bond donors (Lipinski definition) is 0. The molecule has 2 heterocycles. The molecule has 3 amide bonds. The third kappa shape index (κ3) is 2.36. The zero-order chi connectivity index (χ0) is 17.6. The van der Waals surface area contributed by atoms with Crippen molar-refractivity contribution in [3.8, 4) is 0 Å². The van der Waals surface area contributed by atoms with Gasteiger partial charge in [-0.2, -0.15) is 0 Å². The summed E-state index contributed by atoms with van der Waals surface area (Å²) >= 11 is 0. The van der Waals surface area contributed by atoms with Gasteiger partial charge in [-0.25, -0.2) is 0 Å². The van der Waals surface area contributed by atoms with Crippen LogP contribution in [0.2, 0.25) is 0 Å². The number of nitrogens with zero attached hydrogens (tertiary/aromatic N) is 2. The minimum Gasteiger partial charge on any atom is -0.311 e. The molecule has 25 heavy (non-hydrogen) atoms. The van der Waals surface area contributed by atoms with Crippen molar-refractivity contribution in [3.63, 3.8) is 0 Å². The van der Waals surface area contributed by atoms with E-state index in [-0.39, 0.29) is 30.7 Å². The predicted octanol–water partition coefficient (Wildman–Crippen LogP) is 2.38. The van der Waals surface area contributed by atoms with Crippen LogP contribution in [0.5, 0.6) is 0 Å². The minimum absolute atomic E-state index is 0.0328. The molecule has 2 aliphatic heterocycles. The number of carbonyl (C=O) groups is 3. The molecule has 4 rings (SSSR count). The Morgan fingerprint density at radius 2 is 1.56 bits per heavy atom. The van der Waals surface area contributed by atoms with Gasteiger partial charge in [-0.05, 0) is 11.6 Å². The number of benzene rings is 2. The van der Waals surface area contributed by atoms with E-state index < -0.39 is 0 Å². The van der Waals surface area contributed by atoms with E-state index in [0.29, 0.717) is 16.7 Å². The van der Waals surface area contributed by atoms with Gasteiger partial charge in [0.25, 0.3) is 11.8 Å². The summed E-state index contributed by atoms with van der Waals surface area (Å²) in [6.07, 6.45) is -0.0328. The van der Waals surface area contributed by atoms with Crippen LogP contribution in [0, 0.1) is 0 Å². The summed E-state index contributed by atoms with van der Waals surface area (Å²) in [7, 11) is 1.68. The Balaban J connectivity index is 1.75. The summed E-state index contributed by atoms with van der Waals surface area (Å²) in [5, 5.41) is 0. The van der Waals surface area contributed by atoms with E-state index in [9.17, 15) is 14.4 Å². The normalized spacial score (nSPS) is 19.8. The van der Waals surface area contributed by atoms with Crippen molar-refractivity contribution in [2.45, 2.75) is 13.0 Å².